The highest BCUT2D eigenvalue weighted by Crippen LogP contribution is 2.41. The average molecular weight is 558 g/mol. The van der Waals surface area contributed by atoms with E-state index < -0.39 is 12.0 Å². The van der Waals surface area contributed by atoms with Crippen LogP contribution in [0.2, 0.25) is 0 Å². The first-order valence-corrected chi connectivity index (χ1v) is 13.5. The highest BCUT2D eigenvalue weighted by Gasteiger charge is 2.37. The molecule has 1 aliphatic rings. The number of allylic oxidation sites excluding steroid dienone is 1. The Kier molecular flexibility index (Phi) is 8.51. The number of nitrogens with one attached hydrogen (secondary N) is 1. The summed E-state index contributed by atoms with van der Waals surface area (Å²) in [5.41, 5.74) is 3.03. The number of nitrogens with zero attached hydrogens (tertiary/aromatic N) is 3. The third kappa shape index (κ3) is 5.90. The molecule has 1 N–H and O–H groups in total. The predicted molar refractivity (Wildman–Crippen MR) is 142 cm³/mol. The fraction of sp³-hybridized carbons (Fsp3) is 0.346. The van der Waals surface area contributed by atoms with Crippen molar-refractivity contribution in [3.63, 3.8) is 0 Å². The van der Waals surface area contributed by atoms with E-state index in [1.165, 1.54) is 0 Å². The highest BCUT2D eigenvalue weighted by molar-refractivity contribution is 9.10. The molecule has 2 heterocycles. The average Bonchev–Trinajstić information content (AvgIpc) is 3.25. The molecule has 0 spiro atoms. The lowest BCUT2D eigenvalue weighted by Gasteiger charge is -2.29. The van der Waals surface area contributed by atoms with Crippen molar-refractivity contribution >= 4 is 39.6 Å². The van der Waals surface area contributed by atoms with Crippen molar-refractivity contribution < 1.29 is 14.3 Å². The van der Waals surface area contributed by atoms with Gasteiger partial charge in [0.05, 0.1) is 12.2 Å². The second-order valence-electron chi connectivity index (χ2n) is 8.11. The minimum atomic E-state index is -0.554. The van der Waals surface area contributed by atoms with Crippen molar-refractivity contribution in [3.05, 3.63) is 75.4 Å². The molecular formula is C26H29BrN4O3S. The van der Waals surface area contributed by atoms with Crippen molar-refractivity contribution in [1.29, 1.82) is 0 Å². The molecule has 1 aliphatic heterocycles. The number of hydrogen-bond acceptors (Lipinski definition) is 7. The van der Waals surface area contributed by atoms with Crippen LogP contribution in [0.3, 0.4) is 0 Å². The van der Waals surface area contributed by atoms with Crippen molar-refractivity contribution in [1.82, 2.24) is 14.8 Å². The van der Waals surface area contributed by atoms with Gasteiger partial charge in [0.25, 0.3) is 0 Å². The molecule has 35 heavy (non-hydrogen) atoms. The molecule has 1 aromatic heterocycles. The van der Waals surface area contributed by atoms with Gasteiger partial charge in [-0.3, -0.25) is 0 Å². The van der Waals surface area contributed by atoms with Crippen LogP contribution in [0.5, 0.6) is 5.75 Å². The fourth-order valence-electron chi connectivity index (χ4n) is 3.86. The van der Waals surface area contributed by atoms with Crippen LogP contribution in [-0.4, -0.2) is 33.1 Å². The summed E-state index contributed by atoms with van der Waals surface area (Å²) in [6, 6.07) is 15.2. The van der Waals surface area contributed by atoms with Crippen LogP contribution < -0.4 is 10.1 Å². The molecule has 4 rings (SSSR count). The summed E-state index contributed by atoms with van der Waals surface area (Å²) in [4.78, 5) is 17.9. The smallest absolute Gasteiger partial charge is 0.338 e. The molecule has 2 aromatic carbocycles. The van der Waals surface area contributed by atoms with Gasteiger partial charge in [-0.05, 0) is 44.0 Å². The molecule has 0 radical (unpaired) electrons. The summed E-state index contributed by atoms with van der Waals surface area (Å²) < 4.78 is 14.4. The van der Waals surface area contributed by atoms with Gasteiger partial charge in [-0.2, -0.15) is 4.98 Å². The largest absolute Gasteiger partial charge is 0.489 e. The van der Waals surface area contributed by atoms with Crippen LogP contribution in [0.25, 0.3) is 0 Å². The summed E-state index contributed by atoms with van der Waals surface area (Å²) in [7, 11) is 0. The number of halogens is 1. The zero-order valence-electron chi connectivity index (χ0n) is 20.1. The number of aromatic nitrogens is 3. The lowest BCUT2D eigenvalue weighted by atomic mass is 9.95. The second-order valence-corrected chi connectivity index (χ2v) is 10.1. The Balaban J connectivity index is 1.77. The lowest BCUT2D eigenvalue weighted by Crippen LogP contribution is -2.30. The third-order valence-corrected chi connectivity index (χ3v) is 6.98. The van der Waals surface area contributed by atoms with E-state index in [1.54, 1.807) is 23.4 Å². The van der Waals surface area contributed by atoms with Gasteiger partial charge in [-0.1, -0.05) is 71.4 Å². The van der Waals surface area contributed by atoms with Crippen LogP contribution in [0.4, 0.5) is 5.95 Å². The van der Waals surface area contributed by atoms with Gasteiger partial charge < -0.3 is 14.8 Å². The molecule has 0 saturated carbocycles. The number of esters is 1. The third-order valence-electron chi connectivity index (χ3n) is 5.56. The number of rotatable bonds is 10. The number of carbonyl (C=O) groups is 1. The van der Waals surface area contributed by atoms with Gasteiger partial charge in [0.1, 0.15) is 18.4 Å². The highest BCUT2D eigenvalue weighted by atomic mass is 79.9. The number of hydrogen-bond donors (Lipinski definition) is 1. The molecule has 0 bridgehead atoms. The number of anilines is 1. The van der Waals surface area contributed by atoms with Crippen molar-refractivity contribution in [2.45, 2.75) is 51.4 Å². The summed E-state index contributed by atoms with van der Waals surface area (Å²) in [5.74, 6) is 1.80. The Morgan fingerprint density at radius 1 is 1.20 bits per heavy atom. The first-order valence-electron chi connectivity index (χ1n) is 11.7. The van der Waals surface area contributed by atoms with Crippen LogP contribution in [0, 0.1) is 0 Å². The maximum atomic E-state index is 13.2. The van der Waals surface area contributed by atoms with Gasteiger partial charge in [-0.25, -0.2) is 9.48 Å². The van der Waals surface area contributed by atoms with Gasteiger partial charge in [0, 0.05) is 21.5 Å². The second kappa shape index (κ2) is 11.8. The van der Waals surface area contributed by atoms with Gasteiger partial charge in [0.15, 0.2) is 0 Å². The van der Waals surface area contributed by atoms with E-state index in [9.17, 15) is 4.79 Å². The Morgan fingerprint density at radius 3 is 2.74 bits per heavy atom. The van der Waals surface area contributed by atoms with E-state index in [0.29, 0.717) is 34.7 Å². The molecule has 1 unspecified atom stereocenters. The van der Waals surface area contributed by atoms with Gasteiger partial charge in [-0.15, -0.1) is 5.10 Å². The maximum Gasteiger partial charge on any atom is 0.338 e. The normalized spacial score (nSPS) is 14.9. The van der Waals surface area contributed by atoms with E-state index in [-0.39, 0.29) is 6.61 Å². The van der Waals surface area contributed by atoms with Crippen LogP contribution in [0.15, 0.2) is 69.4 Å². The molecule has 184 valence electrons. The van der Waals surface area contributed by atoms with Crippen LogP contribution in [0.1, 0.15) is 50.8 Å². The Morgan fingerprint density at radius 2 is 2.00 bits per heavy atom. The molecule has 0 amide bonds. The quantitative estimate of drug-likeness (QED) is 0.177. The number of benzene rings is 2. The minimum absolute atomic E-state index is 0.278. The number of fused-ring (bicyclic) bond motifs is 1. The van der Waals surface area contributed by atoms with Gasteiger partial charge in [0.2, 0.25) is 11.1 Å². The van der Waals surface area contributed by atoms with Crippen LogP contribution in [-0.2, 0) is 16.1 Å². The van der Waals surface area contributed by atoms with E-state index >= 15 is 0 Å². The molecule has 7 nitrogen and oxygen atoms in total. The topological polar surface area (TPSA) is 78.3 Å². The van der Waals surface area contributed by atoms with E-state index in [4.69, 9.17) is 19.6 Å². The van der Waals surface area contributed by atoms with E-state index in [0.717, 1.165) is 34.2 Å². The molecule has 1 atom stereocenters. The van der Waals surface area contributed by atoms with Crippen molar-refractivity contribution in [3.8, 4) is 5.75 Å². The van der Waals surface area contributed by atoms with E-state index in [1.807, 2.05) is 55.5 Å². The Bertz CT molecular complexity index is 1210. The lowest BCUT2D eigenvalue weighted by molar-refractivity contribution is -0.139. The number of carbonyl (C=O) groups excluding carboxylic acids is 1. The molecule has 0 aliphatic carbocycles. The SMILES string of the molecule is CCCCSc1nc2n(n1)C(c1cc(Br)ccc1OCc1ccccc1)C(C(=O)OCC)=C(C)N2. The molecule has 9 heteroatoms. The Hall–Kier alpha value is -2.78. The van der Waals surface area contributed by atoms with Crippen molar-refractivity contribution in [2.75, 3.05) is 17.7 Å². The summed E-state index contributed by atoms with van der Waals surface area (Å²) in [6.07, 6.45) is 2.19. The summed E-state index contributed by atoms with van der Waals surface area (Å²) in [6.45, 7) is 6.51. The zero-order chi connectivity index (χ0) is 24.8. The van der Waals surface area contributed by atoms with Gasteiger partial charge >= 0.3 is 5.97 Å². The Labute approximate surface area is 218 Å². The monoisotopic (exact) mass is 556 g/mol. The first kappa shape index (κ1) is 25.3. The molecular weight excluding hydrogens is 528 g/mol. The standard InChI is InChI=1S/C26H29BrN4O3S/c1-4-6-14-35-26-29-25-28-17(3)22(24(32)33-5-2)23(31(25)30-26)20-15-19(27)12-13-21(20)34-16-18-10-8-7-9-11-18/h7-13,15,23H,4-6,14,16H2,1-3H3,(H,28,29,30). The predicted octanol–water partition coefficient (Wildman–Crippen LogP) is 6.36. The zero-order valence-corrected chi connectivity index (χ0v) is 22.5. The maximum absolute atomic E-state index is 13.2. The fourth-order valence-corrected chi connectivity index (χ4v) is 5.15. The summed E-state index contributed by atoms with van der Waals surface area (Å²) >= 11 is 5.21. The number of thioether (sulfide) groups is 1. The van der Waals surface area contributed by atoms with Crippen molar-refractivity contribution in [2.24, 2.45) is 0 Å². The number of unbranched alkanes of at least 4 members (excludes halogenated alkanes) is 1. The van der Waals surface area contributed by atoms with Crippen LogP contribution >= 0.6 is 27.7 Å². The molecule has 0 fully saturated rings. The van der Waals surface area contributed by atoms with E-state index in [2.05, 4.69) is 28.2 Å². The summed E-state index contributed by atoms with van der Waals surface area (Å²) in [5, 5.41) is 8.72. The molecule has 3 aromatic rings. The minimum Gasteiger partial charge on any atom is -0.489 e. The first-order chi connectivity index (χ1) is 17.0. The molecule has 0 saturated heterocycles. The number of ether oxygens (including phenoxy) is 2.